The van der Waals surface area contributed by atoms with Crippen LogP contribution in [0, 0.1) is 6.92 Å². The van der Waals surface area contributed by atoms with Gasteiger partial charge < -0.3 is 9.73 Å². The number of hydrogen-bond donors (Lipinski definition) is 1. The van der Waals surface area contributed by atoms with Crippen LogP contribution in [0.4, 0.5) is 0 Å². The van der Waals surface area contributed by atoms with Crippen LogP contribution in [0.25, 0.3) is 11.7 Å². The Morgan fingerprint density at radius 3 is 3.04 bits per heavy atom. The summed E-state index contributed by atoms with van der Waals surface area (Å²) in [7, 11) is 0. The number of carbonyl (C=O) groups is 1. The van der Waals surface area contributed by atoms with Crippen LogP contribution in [-0.2, 0) is 11.2 Å². The largest absolute Gasteiger partial charge is 0.462 e. The topological polar surface area (TPSA) is 72.4 Å². The van der Waals surface area contributed by atoms with Crippen LogP contribution in [0.2, 0.25) is 0 Å². The monoisotopic (exact) mass is 310 g/mol. The van der Waals surface area contributed by atoms with E-state index < -0.39 is 0 Å². The molecule has 0 unspecified atom stereocenters. The van der Waals surface area contributed by atoms with Gasteiger partial charge in [-0.3, -0.25) is 9.20 Å². The van der Waals surface area contributed by atoms with E-state index in [1.165, 1.54) is 6.08 Å². The van der Waals surface area contributed by atoms with Gasteiger partial charge in [-0.2, -0.15) is 0 Å². The molecule has 3 heterocycles. The normalized spacial score (nSPS) is 11.3. The summed E-state index contributed by atoms with van der Waals surface area (Å²) in [4.78, 5) is 11.7. The van der Waals surface area contributed by atoms with Gasteiger partial charge in [-0.25, -0.2) is 0 Å². The van der Waals surface area contributed by atoms with Crippen LogP contribution < -0.4 is 5.32 Å². The molecule has 0 aromatic carbocycles. The number of aromatic nitrogens is 3. The Morgan fingerprint density at radius 1 is 1.30 bits per heavy atom. The van der Waals surface area contributed by atoms with E-state index >= 15 is 0 Å². The third kappa shape index (κ3) is 3.85. The first-order valence-corrected chi connectivity index (χ1v) is 7.53. The standard InChI is InChI=1S/C17H18N4O2/c1-13-7-8-14(23-13)9-10-17(22)18-11-4-6-16-20-19-15-5-2-3-12-21(15)16/h2-3,5,7-10,12H,4,6,11H2,1H3,(H,18,22)/b10-9+. The van der Waals surface area contributed by atoms with Gasteiger partial charge in [0.2, 0.25) is 5.91 Å². The molecule has 0 saturated heterocycles. The fourth-order valence-corrected chi connectivity index (χ4v) is 2.28. The number of hydrogen-bond acceptors (Lipinski definition) is 4. The van der Waals surface area contributed by atoms with Crippen LogP contribution in [-0.4, -0.2) is 27.0 Å². The molecule has 0 fully saturated rings. The number of rotatable bonds is 6. The maximum Gasteiger partial charge on any atom is 0.244 e. The van der Waals surface area contributed by atoms with Gasteiger partial charge in [0.15, 0.2) is 5.65 Å². The van der Waals surface area contributed by atoms with E-state index in [0.717, 1.165) is 30.1 Å². The van der Waals surface area contributed by atoms with Crippen molar-refractivity contribution in [2.75, 3.05) is 6.54 Å². The second-order valence-electron chi connectivity index (χ2n) is 5.22. The van der Waals surface area contributed by atoms with Crippen molar-refractivity contribution in [2.24, 2.45) is 0 Å². The van der Waals surface area contributed by atoms with Crippen molar-refractivity contribution in [3.8, 4) is 0 Å². The molecule has 3 aromatic rings. The molecule has 6 nitrogen and oxygen atoms in total. The molecule has 0 bridgehead atoms. The van der Waals surface area contributed by atoms with Crippen molar-refractivity contribution in [1.29, 1.82) is 0 Å². The molecule has 1 N–H and O–H groups in total. The van der Waals surface area contributed by atoms with E-state index in [2.05, 4.69) is 15.5 Å². The Hall–Kier alpha value is -2.89. The average molecular weight is 310 g/mol. The average Bonchev–Trinajstić information content (AvgIpc) is 3.16. The number of furan rings is 1. The van der Waals surface area contributed by atoms with Gasteiger partial charge in [-0.05, 0) is 43.7 Å². The van der Waals surface area contributed by atoms with Crippen molar-refractivity contribution >= 4 is 17.6 Å². The highest BCUT2D eigenvalue weighted by Crippen LogP contribution is 2.07. The summed E-state index contributed by atoms with van der Waals surface area (Å²) in [6.45, 7) is 2.45. The number of amides is 1. The van der Waals surface area contributed by atoms with Crippen molar-refractivity contribution in [2.45, 2.75) is 19.8 Å². The van der Waals surface area contributed by atoms with Gasteiger partial charge in [0, 0.05) is 25.2 Å². The first-order chi connectivity index (χ1) is 11.2. The van der Waals surface area contributed by atoms with E-state index in [1.54, 1.807) is 6.08 Å². The predicted molar refractivity (Wildman–Crippen MR) is 86.8 cm³/mol. The van der Waals surface area contributed by atoms with Crippen LogP contribution in [0.1, 0.15) is 23.8 Å². The smallest absolute Gasteiger partial charge is 0.244 e. The van der Waals surface area contributed by atoms with Crippen molar-refractivity contribution in [1.82, 2.24) is 19.9 Å². The van der Waals surface area contributed by atoms with E-state index in [4.69, 9.17) is 4.42 Å². The van der Waals surface area contributed by atoms with Gasteiger partial charge in [0.1, 0.15) is 17.3 Å². The Balaban J connectivity index is 1.44. The summed E-state index contributed by atoms with van der Waals surface area (Å²) in [5.41, 5.74) is 0.836. The summed E-state index contributed by atoms with van der Waals surface area (Å²) >= 11 is 0. The zero-order valence-electron chi connectivity index (χ0n) is 12.9. The molecule has 3 aromatic heterocycles. The van der Waals surface area contributed by atoms with E-state index in [9.17, 15) is 4.79 Å². The summed E-state index contributed by atoms with van der Waals surface area (Å²) in [5.74, 6) is 2.26. The van der Waals surface area contributed by atoms with Crippen LogP contribution in [0.3, 0.4) is 0 Å². The highest BCUT2D eigenvalue weighted by atomic mass is 16.3. The zero-order chi connectivity index (χ0) is 16.1. The molecule has 0 aliphatic carbocycles. The minimum Gasteiger partial charge on any atom is -0.462 e. The lowest BCUT2D eigenvalue weighted by molar-refractivity contribution is -0.116. The molecule has 6 heteroatoms. The predicted octanol–water partition coefficient (Wildman–Crippen LogP) is 2.39. The first-order valence-electron chi connectivity index (χ1n) is 7.53. The molecule has 0 atom stereocenters. The third-order valence-electron chi connectivity index (χ3n) is 3.42. The van der Waals surface area contributed by atoms with Gasteiger partial charge in [0.05, 0.1) is 0 Å². The van der Waals surface area contributed by atoms with Gasteiger partial charge in [0.25, 0.3) is 0 Å². The lowest BCUT2D eigenvalue weighted by atomic mass is 10.3. The summed E-state index contributed by atoms with van der Waals surface area (Å²) in [6.07, 6.45) is 6.64. The lowest BCUT2D eigenvalue weighted by Gasteiger charge is -2.01. The van der Waals surface area contributed by atoms with Gasteiger partial charge in [-0.15, -0.1) is 10.2 Å². The molecule has 23 heavy (non-hydrogen) atoms. The number of pyridine rings is 1. The molecule has 0 aliphatic heterocycles. The summed E-state index contributed by atoms with van der Waals surface area (Å²) < 4.78 is 7.32. The first kappa shape index (κ1) is 15.0. The molecule has 0 radical (unpaired) electrons. The minimum absolute atomic E-state index is 0.134. The van der Waals surface area contributed by atoms with E-state index in [0.29, 0.717) is 12.3 Å². The molecular formula is C17H18N4O2. The zero-order valence-corrected chi connectivity index (χ0v) is 12.9. The number of fused-ring (bicyclic) bond motifs is 1. The number of aryl methyl sites for hydroxylation is 2. The molecular weight excluding hydrogens is 292 g/mol. The maximum atomic E-state index is 11.7. The number of nitrogens with zero attached hydrogens (tertiary/aromatic N) is 3. The summed E-state index contributed by atoms with van der Waals surface area (Å²) in [6, 6.07) is 9.49. The Kier molecular flexibility index (Phi) is 4.52. The Bertz CT molecular complexity index is 832. The van der Waals surface area contributed by atoms with Crippen molar-refractivity contribution in [3.63, 3.8) is 0 Å². The lowest BCUT2D eigenvalue weighted by Crippen LogP contribution is -2.22. The van der Waals surface area contributed by atoms with Crippen molar-refractivity contribution < 1.29 is 9.21 Å². The fourth-order valence-electron chi connectivity index (χ4n) is 2.28. The molecule has 118 valence electrons. The Labute approximate surface area is 133 Å². The molecule has 0 saturated carbocycles. The Morgan fingerprint density at radius 2 is 2.22 bits per heavy atom. The van der Waals surface area contributed by atoms with Crippen LogP contribution in [0.15, 0.2) is 47.0 Å². The molecule has 1 amide bonds. The fraction of sp³-hybridized carbons (Fsp3) is 0.235. The number of nitrogens with one attached hydrogen (secondary N) is 1. The van der Waals surface area contributed by atoms with E-state index in [-0.39, 0.29) is 5.91 Å². The molecule has 0 aliphatic rings. The quantitative estimate of drug-likeness (QED) is 0.560. The minimum atomic E-state index is -0.134. The van der Waals surface area contributed by atoms with E-state index in [1.807, 2.05) is 47.9 Å². The van der Waals surface area contributed by atoms with Crippen molar-refractivity contribution in [3.05, 3.63) is 59.9 Å². The highest BCUT2D eigenvalue weighted by molar-refractivity contribution is 5.91. The molecule has 0 spiro atoms. The maximum absolute atomic E-state index is 11.7. The van der Waals surface area contributed by atoms with Crippen LogP contribution in [0.5, 0.6) is 0 Å². The van der Waals surface area contributed by atoms with Crippen LogP contribution >= 0.6 is 0 Å². The van der Waals surface area contributed by atoms with Gasteiger partial charge >= 0.3 is 0 Å². The second kappa shape index (κ2) is 6.91. The third-order valence-corrected chi connectivity index (χ3v) is 3.42. The number of carbonyl (C=O) groups excluding carboxylic acids is 1. The molecule has 3 rings (SSSR count). The summed E-state index contributed by atoms with van der Waals surface area (Å²) in [5, 5.41) is 11.1. The highest BCUT2D eigenvalue weighted by Gasteiger charge is 2.04. The van der Waals surface area contributed by atoms with Gasteiger partial charge in [-0.1, -0.05) is 6.07 Å². The second-order valence-corrected chi connectivity index (χ2v) is 5.22. The SMILES string of the molecule is Cc1ccc(/C=C/C(=O)NCCCc2nnc3ccccn23)o1.